The highest BCUT2D eigenvalue weighted by Gasteiger charge is 2.11. The predicted octanol–water partition coefficient (Wildman–Crippen LogP) is 3.19. The van der Waals surface area contributed by atoms with Gasteiger partial charge in [-0.2, -0.15) is 0 Å². The highest BCUT2D eigenvalue weighted by molar-refractivity contribution is 6.37. The van der Waals surface area contributed by atoms with Crippen LogP contribution in [0.25, 0.3) is 0 Å². The highest BCUT2D eigenvalue weighted by Crippen LogP contribution is 2.34. The van der Waals surface area contributed by atoms with E-state index in [9.17, 15) is 4.79 Å². The Kier molecular flexibility index (Phi) is 4.65. The van der Waals surface area contributed by atoms with Crippen LogP contribution in [0.15, 0.2) is 24.8 Å². The lowest BCUT2D eigenvalue weighted by atomic mass is 10.1. The number of carboxylic acids is 1. The lowest BCUT2D eigenvalue weighted by molar-refractivity contribution is -0.136. The number of halogens is 2. The molecule has 16 heavy (non-hydrogen) atoms. The summed E-state index contributed by atoms with van der Waals surface area (Å²) in [7, 11) is 0. The van der Waals surface area contributed by atoms with Gasteiger partial charge in [-0.05, 0) is 17.7 Å². The van der Waals surface area contributed by atoms with Crippen molar-refractivity contribution in [1.82, 2.24) is 0 Å². The molecule has 0 aliphatic rings. The van der Waals surface area contributed by atoms with Crippen LogP contribution in [0.3, 0.4) is 0 Å². The van der Waals surface area contributed by atoms with Crippen molar-refractivity contribution in [1.29, 1.82) is 0 Å². The van der Waals surface area contributed by atoms with Gasteiger partial charge in [0, 0.05) is 0 Å². The van der Waals surface area contributed by atoms with Gasteiger partial charge in [0.15, 0.2) is 5.75 Å². The number of aliphatic carboxylic acids is 1. The van der Waals surface area contributed by atoms with E-state index in [1.165, 1.54) is 12.1 Å². The van der Waals surface area contributed by atoms with E-state index in [4.69, 9.17) is 33.0 Å². The number of rotatable bonds is 5. The molecule has 0 aromatic heterocycles. The van der Waals surface area contributed by atoms with Crippen LogP contribution >= 0.6 is 23.2 Å². The number of hydrogen-bond acceptors (Lipinski definition) is 2. The minimum Gasteiger partial charge on any atom is -0.486 e. The van der Waals surface area contributed by atoms with Crippen LogP contribution in [0, 0.1) is 0 Å². The predicted molar refractivity (Wildman–Crippen MR) is 63.5 cm³/mol. The summed E-state index contributed by atoms with van der Waals surface area (Å²) in [6.45, 7) is 3.79. The van der Waals surface area contributed by atoms with Gasteiger partial charge < -0.3 is 9.84 Å². The molecule has 1 N–H and O–H groups in total. The summed E-state index contributed by atoms with van der Waals surface area (Å²) in [6, 6.07) is 3.06. The van der Waals surface area contributed by atoms with Gasteiger partial charge in [0.2, 0.25) is 0 Å². The first kappa shape index (κ1) is 12.9. The summed E-state index contributed by atoms with van der Waals surface area (Å²) >= 11 is 11.8. The fourth-order valence-electron chi connectivity index (χ4n) is 1.17. The molecule has 0 bridgehead atoms. The maximum atomic E-state index is 10.5. The van der Waals surface area contributed by atoms with E-state index in [0.717, 1.165) is 0 Å². The Balaban J connectivity index is 2.97. The van der Waals surface area contributed by atoms with E-state index in [0.29, 0.717) is 21.4 Å². The lowest BCUT2D eigenvalue weighted by Crippen LogP contribution is -2.01. The Morgan fingerprint density at radius 1 is 1.44 bits per heavy atom. The second kappa shape index (κ2) is 5.77. The monoisotopic (exact) mass is 260 g/mol. The third-order valence-electron chi connectivity index (χ3n) is 1.76. The number of hydrogen-bond donors (Lipinski definition) is 1. The molecule has 0 aliphatic heterocycles. The Hall–Kier alpha value is -1.19. The van der Waals surface area contributed by atoms with Crippen LogP contribution in [0.4, 0.5) is 0 Å². The Labute approximate surface area is 103 Å². The highest BCUT2D eigenvalue weighted by atomic mass is 35.5. The standard InChI is InChI=1S/C11H10Cl2O3/c1-2-3-16-11-8(12)4-7(5-9(11)13)6-10(14)15/h2,4-5H,1,3,6H2,(H,14,15). The molecular formula is C11H10Cl2O3. The molecule has 0 aliphatic carbocycles. The van der Waals surface area contributed by atoms with Gasteiger partial charge in [0.1, 0.15) is 6.61 Å². The number of ether oxygens (including phenoxy) is 1. The molecule has 0 atom stereocenters. The van der Waals surface area contributed by atoms with Gasteiger partial charge in [0.05, 0.1) is 16.5 Å². The summed E-state index contributed by atoms with van der Waals surface area (Å²) < 4.78 is 5.25. The van der Waals surface area contributed by atoms with E-state index in [1.54, 1.807) is 6.08 Å². The van der Waals surface area contributed by atoms with Crippen LogP contribution in [0.5, 0.6) is 5.75 Å². The fourth-order valence-corrected chi connectivity index (χ4v) is 1.81. The summed E-state index contributed by atoms with van der Waals surface area (Å²) in [4.78, 5) is 10.5. The van der Waals surface area contributed by atoms with Gasteiger partial charge in [-0.25, -0.2) is 0 Å². The molecule has 0 fully saturated rings. The first-order valence-corrected chi connectivity index (χ1v) is 5.23. The van der Waals surface area contributed by atoms with E-state index in [1.807, 2.05) is 0 Å². The summed E-state index contributed by atoms with van der Waals surface area (Å²) in [6.07, 6.45) is 1.44. The molecule has 0 saturated carbocycles. The molecule has 0 amide bonds. The first-order valence-electron chi connectivity index (χ1n) is 4.48. The zero-order valence-corrected chi connectivity index (χ0v) is 9.88. The van der Waals surface area contributed by atoms with E-state index >= 15 is 0 Å². The molecule has 5 heteroatoms. The van der Waals surface area contributed by atoms with Crippen LogP contribution in [0.2, 0.25) is 10.0 Å². The van der Waals surface area contributed by atoms with Crippen molar-refractivity contribution in [2.75, 3.05) is 6.61 Å². The van der Waals surface area contributed by atoms with Crippen molar-refractivity contribution in [3.8, 4) is 5.75 Å². The van der Waals surface area contributed by atoms with Crippen LogP contribution in [-0.2, 0) is 11.2 Å². The third kappa shape index (κ3) is 3.43. The number of carboxylic acid groups (broad SMARTS) is 1. The van der Waals surface area contributed by atoms with Crippen molar-refractivity contribution in [3.05, 3.63) is 40.4 Å². The molecule has 3 nitrogen and oxygen atoms in total. The molecule has 1 aromatic rings. The summed E-state index contributed by atoms with van der Waals surface area (Å²) in [5.41, 5.74) is 0.536. The molecule has 1 aromatic carbocycles. The van der Waals surface area contributed by atoms with Gasteiger partial charge in [-0.1, -0.05) is 35.9 Å². The Morgan fingerprint density at radius 3 is 2.44 bits per heavy atom. The lowest BCUT2D eigenvalue weighted by Gasteiger charge is -2.09. The SMILES string of the molecule is C=CCOc1c(Cl)cc(CC(=O)O)cc1Cl. The van der Waals surface area contributed by atoms with E-state index in [-0.39, 0.29) is 13.0 Å². The minimum absolute atomic E-state index is 0.124. The van der Waals surface area contributed by atoms with Crippen molar-refractivity contribution in [3.63, 3.8) is 0 Å². The molecule has 0 saturated heterocycles. The molecule has 86 valence electrons. The average molecular weight is 261 g/mol. The van der Waals surface area contributed by atoms with E-state index in [2.05, 4.69) is 6.58 Å². The van der Waals surface area contributed by atoms with Crippen LogP contribution < -0.4 is 4.74 Å². The smallest absolute Gasteiger partial charge is 0.307 e. The zero-order chi connectivity index (χ0) is 12.1. The maximum absolute atomic E-state index is 10.5. The normalized spacial score (nSPS) is 9.88. The quantitative estimate of drug-likeness (QED) is 0.828. The topological polar surface area (TPSA) is 46.5 Å². The third-order valence-corrected chi connectivity index (χ3v) is 2.32. The van der Waals surface area contributed by atoms with Crippen molar-refractivity contribution in [2.24, 2.45) is 0 Å². The average Bonchev–Trinajstić information content (AvgIpc) is 2.15. The Bertz CT molecular complexity index is 393. The van der Waals surface area contributed by atoms with Crippen molar-refractivity contribution < 1.29 is 14.6 Å². The van der Waals surface area contributed by atoms with E-state index < -0.39 is 5.97 Å². The fraction of sp³-hybridized carbons (Fsp3) is 0.182. The second-order valence-corrected chi connectivity index (χ2v) is 3.87. The number of carbonyl (C=O) groups is 1. The van der Waals surface area contributed by atoms with Gasteiger partial charge in [-0.15, -0.1) is 0 Å². The first-order chi connectivity index (χ1) is 7.54. The van der Waals surface area contributed by atoms with Crippen LogP contribution in [0.1, 0.15) is 5.56 Å². The van der Waals surface area contributed by atoms with Crippen molar-refractivity contribution >= 4 is 29.2 Å². The molecule has 0 unspecified atom stereocenters. The molecule has 0 radical (unpaired) electrons. The number of benzene rings is 1. The minimum atomic E-state index is -0.938. The van der Waals surface area contributed by atoms with Gasteiger partial charge in [0.25, 0.3) is 0 Å². The molecular weight excluding hydrogens is 251 g/mol. The van der Waals surface area contributed by atoms with Crippen molar-refractivity contribution in [2.45, 2.75) is 6.42 Å². The molecule has 1 rings (SSSR count). The maximum Gasteiger partial charge on any atom is 0.307 e. The van der Waals surface area contributed by atoms with Gasteiger partial charge >= 0.3 is 5.97 Å². The molecule has 0 heterocycles. The Morgan fingerprint density at radius 2 is 2.00 bits per heavy atom. The van der Waals surface area contributed by atoms with Crippen LogP contribution in [-0.4, -0.2) is 17.7 Å². The second-order valence-electron chi connectivity index (χ2n) is 3.06. The summed E-state index contributed by atoms with van der Waals surface area (Å²) in [5.74, 6) is -0.593. The summed E-state index contributed by atoms with van der Waals surface area (Å²) in [5, 5.41) is 9.22. The molecule has 0 spiro atoms. The van der Waals surface area contributed by atoms with Gasteiger partial charge in [-0.3, -0.25) is 4.79 Å². The zero-order valence-electron chi connectivity index (χ0n) is 8.37. The largest absolute Gasteiger partial charge is 0.486 e.